The van der Waals surface area contributed by atoms with E-state index in [2.05, 4.69) is 10.5 Å². The lowest BCUT2D eigenvalue weighted by atomic mass is 10.1. The van der Waals surface area contributed by atoms with Crippen molar-refractivity contribution in [1.82, 2.24) is 5.43 Å². The molecule has 5 nitrogen and oxygen atoms in total. The van der Waals surface area contributed by atoms with E-state index in [-0.39, 0.29) is 18.7 Å². The second-order valence-electron chi connectivity index (χ2n) is 4.21. The zero-order valence-corrected chi connectivity index (χ0v) is 11.9. The molecular formula is C15H13N2O3S-. The summed E-state index contributed by atoms with van der Waals surface area (Å²) in [5, 5.41) is 16.5. The number of hydrogen-bond acceptors (Lipinski definition) is 5. The summed E-state index contributed by atoms with van der Waals surface area (Å²) in [4.78, 5) is 23.0. The van der Waals surface area contributed by atoms with Crippen molar-refractivity contribution >= 4 is 28.9 Å². The van der Waals surface area contributed by atoms with Crippen LogP contribution in [-0.2, 0) is 4.79 Å². The average Bonchev–Trinajstić information content (AvgIpc) is 3.02. The normalized spacial score (nSPS) is 11.1. The van der Waals surface area contributed by atoms with E-state index >= 15 is 0 Å². The predicted octanol–water partition coefficient (Wildman–Crippen LogP) is 1.41. The Morgan fingerprint density at radius 1 is 1.10 bits per heavy atom. The molecule has 0 radical (unpaired) electrons. The quantitative estimate of drug-likeness (QED) is 0.647. The standard InChI is InChI=1S/C15H14N2O3S/c18-14(19)9-8-12(11-5-2-1-3-6-11)16-17-15(20)13-7-4-10-21-13/h1-7,10H,8-9H2,(H,17,20)(H,18,19)/p-1/b16-12+. The van der Waals surface area contributed by atoms with E-state index in [0.29, 0.717) is 10.6 Å². The minimum Gasteiger partial charge on any atom is -0.550 e. The number of hydrogen-bond donors (Lipinski definition) is 1. The zero-order chi connectivity index (χ0) is 15.1. The number of amides is 1. The number of rotatable bonds is 6. The molecule has 0 aliphatic rings. The highest BCUT2D eigenvalue weighted by atomic mass is 32.1. The number of carbonyl (C=O) groups excluding carboxylic acids is 2. The second kappa shape index (κ2) is 7.35. The minimum atomic E-state index is -1.15. The van der Waals surface area contributed by atoms with Crippen LogP contribution in [0, 0.1) is 0 Å². The summed E-state index contributed by atoms with van der Waals surface area (Å²) < 4.78 is 0. The maximum Gasteiger partial charge on any atom is 0.281 e. The third kappa shape index (κ3) is 4.54. The fourth-order valence-electron chi connectivity index (χ4n) is 1.70. The van der Waals surface area contributed by atoms with Gasteiger partial charge >= 0.3 is 0 Å². The number of nitrogens with zero attached hydrogens (tertiary/aromatic N) is 1. The van der Waals surface area contributed by atoms with Gasteiger partial charge in [0.25, 0.3) is 5.91 Å². The number of aliphatic carboxylic acids is 1. The Morgan fingerprint density at radius 3 is 2.48 bits per heavy atom. The molecule has 0 bridgehead atoms. The molecule has 6 heteroatoms. The van der Waals surface area contributed by atoms with E-state index in [4.69, 9.17) is 0 Å². The Morgan fingerprint density at radius 2 is 1.86 bits per heavy atom. The van der Waals surface area contributed by atoms with Gasteiger partial charge in [-0.3, -0.25) is 4.79 Å². The van der Waals surface area contributed by atoms with Gasteiger partial charge in [-0.05, 0) is 29.9 Å². The summed E-state index contributed by atoms with van der Waals surface area (Å²) in [5.74, 6) is -1.46. The van der Waals surface area contributed by atoms with Gasteiger partial charge in [0.05, 0.1) is 10.6 Å². The molecule has 0 fully saturated rings. The van der Waals surface area contributed by atoms with Crippen molar-refractivity contribution in [1.29, 1.82) is 0 Å². The van der Waals surface area contributed by atoms with Gasteiger partial charge in [-0.2, -0.15) is 5.10 Å². The van der Waals surface area contributed by atoms with E-state index in [1.807, 2.05) is 30.3 Å². The first kappa shape index (κ1) is 14.9. The van der Waals surface area contributed by atoms with E-state index in [0.717, 1.165) is 5.56 Å². The fourth-order valence-corrected chi connectivity index (χ4v) is 2.31. The summed E-state index contributed by atoms with van der Waals surface area (Å²) in [5.41, 5.74) is 3.73. The lowest BCUT2D eigenvalue weighted by Crippen LogP contribution is -2.24. The second-order valence-corrected chi connectivity index (χ2v) is 5.16. The van der Waals surface area contributed by atoms with Crippen LogP contribution in [0.25, 0.3) is 0 Å². The molecule has 21 heavy (non-hydrogen) atoms. The number of nitrogens with one attached hydrogen (secondary N) is 1. The summed E-state index contributed by atoms with van der Waals surface area (Å²) in [7, 11) is 0. The predicted molar refractivity (Wildman–Crippen MR) is 79.0 cm³/mol. The molecule has 1 aromatic carbocycles. The summed E-state index contributed by atoms with van der Waals surface area (Å²) in [6.07, 6.45) is 0.0413. The third-order valence-corrected chi connectivity index (χ3v) is 3.58. The molecule has 1 amide bonds. The Kier molecular flexibility index (Phi) is 5.22. The number of benzene rings is 1. The molecule has 0 spiro atoms. The van der Waals surface area contributed by atoms with Crippen LogP contribution in [0.15, 0.2) is 52.9 Å². The van der Waals surface area contributed by atoms with Crippen LogP contribution >= 0.6 is 11.3 Å². The summed E-state index contributed by atoms with van der Waals surface area (Å²) in [6, 6.07) is 12.6. The number of thiophene rings is 1. The first-order valence-corrected chi connectivity index (χ1v) is 7.20. The number of carboxylic acid groups (broad SMARTS) is 1. The maximum absolute atomic E-state index is 11.8. The fraction of sp³-hybridized carbons (Fsp3) is 0.133. The van der Waals surface area contributed by atoms with Gasteiger partial charge in [-0.15, -0.1) is 11.3 Å². The molecule has 2 rings (SSSR count). The van der Waals surface area contributed by atoms with Crippen molar-refractivity contribution in [2.24, 2.45) is 5.10 Å². The first-order valence-electron chi connectivity index (χ1n) is 6.32. The molecule has 0 atom stereocenters. The van der Waals surface area contributed by atoms with Crippen molar-refractivity contribution in [3.63, 3.8) is 0 Å². The maximum atomic E-state index is 11.8. The van der Waals surface area contributed by atoms with E-state index in [9.17, 15) is 14.7 Å². The largest absolute Gasteiger partial charge is 0.550 e. The highest BCUT2D eigenvalue weighted by Gasteiger charge is 2.08. The molecule has 0 aliphatic heterocycles. The highest BCUT2D eigenvalue weighted by molar-refractivity contribution is 7.12. The minimum absolute atomic E-state index is 0.150. The third-order valence-electron chi connectivity index (χ3n) is 2.71. The molecule has 0 saturated heterocycles. The molecule has 0 unspecified atom stereocenters. The molecule has 1 N–H and O–H groups in total. The Bertz CT molecular complexity index is 636. The SMILES string of the molecule is O=C([O-])CC/C(=N\NC(=O)c1cccs1)c1ccccc1. The van der Waals surface area contributed by atoms with Crippen LogP contribution in [0.2, 0.25) is 0 Å². The van der Waals surface area contributed by atoms with Gasteiger partial charge in [-0.1, -0.05) is 36.4 Å². The van der Waals surface area contributed by atoms with Crippen molar-refractivity contribution in [2.75, 3.05) is 0 Å². The molecule has 0 aliphatic carbocycles. The highest BCUT2D eigenvalue weighted by Crippen LogP contribution is 2.09. The monoisotopic (exact) mass is 301 g/mol. The smallest absolute Gasteiger partial charge is 0.281 e. The van der Waals surface area contributed by atoms with E-state index in [1.165, 1.54) is 11.3 Å². The van der Waals surface area contributed by atoms with E-state index < -0.39 is 5.97 Å². The molecule has 0 saturated carbocycles. The Labute approximate surface area is 125 Å². The van der Waals surface area contributed by atoms with Gasteiger partial charge in [-0.25, -0.2) is 5.43 Å². The molecule has 108 valence electrons. The zero-order valence-electron chi connectivity index (χ0n) is 11.1. The number of carbonyl (C=O) groups is 2. The lowest BCUT2D eigenvalue weighted by molar-refractivity contribution is -0.305. The van der Waals surface area contributed by atoms with Crippen LogP contribution < -0.4 is 10.5 Å². The molecule has 2 aromatic rings. The van der Waals surface area contributed by atoms with Gasteiger partial charge in [0.2, 0.25) is 0 Å². The lowest BCUT2D eigenvalue weighted by Gasteiger charge is -2.08. The Hall–Kier alpha value is -2.47. The molecule has 1 heterocycles. The topological polar surface area (TPSA) is 81.6 Å². The molecular weight excluding hydrogens is 288 g/mol. The van der Waals surface area contributed by atoms with Gasteiger partial charge in [0, 0.05) is 5.97 Å². The van der Waals surface area contributed by atoms with Crippen LogP contribution in [-0.4, -0.2) is 17.6 Å². The number of carboxylic acids is 1. The van der Waals surface area contributed by atoms with Gasteiger partial charge in [0.15, 0.2) is 0 Å². The van der Waals surface area contributed by atoms with Crippen LogP contribution in [0.1, 0.15) is 28.1 Å². The van der Waals surface area contributed by atoms with Crippen molar-refractivity contribution in [3.8, 4) is 0 Å². The van der Waals surface area contributed by atoms with Crippen molar-refractivity contribution in [3.05, 3.63) is 58.3 Å². The average molecular weight is 301 g/mol. The first-order chi connectivity index (χ1) is 10.2. The number of hydrazone groups is 1. The summed E-state index contributed by atoms with van der Waals surface area (Å²) in [6.45, 7) is 0. The van der Waals surface area contributed by atoms with E-state index in [1.54, 1.807) is 17.5 Å². The van der Waals surface area contributed by atoms with Crippen molar-refractivity contribution in [2.45, 2.75) is 12.8 Å². The Balaban J connectivity index is 2.12. The van der Waals surface area contributed by atoms with Gasteiger partial charge in [0.1, 0.15) is 0 Å². The summed E-state index contributed by atoms with van der Waals surface area (Å²) >= 11 is 1.31. The van der Waals surface area contributed by atoms with Crippen LogP contribution in [0.5, 0.6) is 0 Å². The van der Waals surface area contributed by atoms with Gasteiger partial charge < -0.3 is 9.90 Å². The van der Waals surface area contributed by atoms with Crippen molar-refractivity contribution < 1.29 is 14.7 Å². The van der Waals surface area contributed by atoms with Crippen LogP contribution in [0.4, 0.5) is 0 Å². The van der Waals surface area contributed by atoms with Crippen LogP contribution in [0.3, 0.4) is 0 Å². The molecule has 1 aromatic heterocycles.